The van der Waals surface area contributed by atoms with E-state index < -0.39 is 11.9 Å². The molecule has 1 aromatic carbocycles. The van der Waals surface area contributed by atoms with Crippen LogP contribution in [0.15, 0.2) is 47.9 Å². The van der Waals surface area contributed by atoms with Crippen molar-refractivity contribution in [1.82, 2.24) is 5.32 Å². The number of thiophene rings is 1. The fourth-order valence-electron chi connectivity index (χ4n) is 2.06. The summed E-state index contributed by atoms with van der Waals surface area (Å²) >= 11 is 13.9. The average molecular weight is 446 g/mol. The van der Waals surface area contributed by atoms with Crippen molar-refractivity contribution in [2.24, 2.45) is 0 Å². The van der Waals surface area contributed by atoms with Crippen LogP contribution in [0, 0.1) is 0 Å². The maximum absolute atomic E-state index is 9.55. The Labute approximate surface area is 177 Å². The van der Waals surface area contributed by atoms with E-state index in [1.807, 2.05) is 13.1 Å². The lowest BCUT2D eigenvalue weighted by molar-refractivity contribution is -0.134. The molecule has 2 rings (SSSR count). The van der Waals surface area contributed by atoms with Gasteiger partial charge in [0.05, 0.1) is 5.02 Å². The highest BCUT2D eigenvalue weighted by molar-refractivity contribution is 7.10. The number of carboxylic acid groups (broad SMARTS) is 2. The number of hydrogen-bond acceptors (Lipinski definition) is 5. The van der Waals surface area contributed by atoms with Gasteiger partial charge in [-0.15, -0.1) is 11.3 Å². The van der Waals surface area contributed by atoms with E-state index in [-0.39, 0.29) is 6.10 Å². The van der Waals surface area contributed by atoms with Crippen LogP contribution in [0.2, 0.25) is 10.0 Å². The normalized spacial score (nSPS) is 11.5. The van der Waals surface area contributed by atoms with Gasteiger partial charge in [0.25, 0.3) is 0 Å². The largest absolute Gasteiger partial charge is 0.483 e. The van der Waals surface area contributed by atoms with E-state index in [1.54, 1.807) is 29.5 Å². The molecule has 1 heterocycles. The van der Waals surface area contributed by atoms with Gasteiger partial charge in [0.2, 0.25) is 0 Å². The molecule has 0 aliphatic heterocycles. The third-order valence-corrected chi connectivity index (χ3v) is 4.80. The minimum Gasteiger partial charge on any atom is -0.483 e. The summed E-state index contributed by atoms with van der Waals surface area (Å²) in [6.07, 6.45) is 3.10. The summed E-state index contributed by atoms with van der Waals surface area (Å²) in [6, 6.07) is 9.42. The predicted molar refractivity (Wildman–Crippen MR) is 112 cm³/mol. The monoisotopic (exact) mass is 445 g/mol. The van der Waals surface area contributed by atoms with Gasteiger partial charge in [0.15, 0.2) is 0 Å². The van der Waals surface area contributed by atoms with Gasteiger partial charge in [0.1, 0.15) is 11.9 Å². The Hall–Kier alpha value is -2.06. The molecule has 1 atom stereocenters. The number of ether oxygens (including phenoxy) is 1. The Balaban J connectivity index is 0.000000416. The maximum Gasteiger partial charge on any atom is 0.328 e. The molecule has 3 N–H and O–H groups in total. The summed E-state index contributed by atoms with van der Waals surface area (Å²) in [4.78, 5) is 20.3. The zero-order valence-corrected chi connectivity index (χ0v) is 17.4. The summed E-state index contributed by atoms with van der Waals surface area (Å²) < 4.78 is 6.08. The van der Waals surface area contributed by atoms with E-state index in [0.717, 1.165) is 19.4 Å². The van der Waals surface area contributed by atoms with Crippen LogP contribution in [0.1, 0.15) is 23.8 Å². The molecule has 0 bridgehead atoms. The Morgan fingerprint density at radius 1 is 1.21 bits per heavy atom. The van der Waals surface area contributed by atoms with Crippen LogP contribution >= 0.6 is 34.5 Å². The van der Waals surface area contributed by atoms with Crippen molar-refractivity contribution in [2.45, 2.75) is 18.9 Å². The van der Waals surface area contributed by atoms with E-state index in [2.05, 4.69) is 16.8 Å². The van der Waals surface area contributed by atoms with Gasteiger partial charge in [-0.25, -0.2) is 9.59 Å². The SMILES string of the molecule is CNCCCC(Oc1cc(Cl)ccc1Cl)c1cccs1.O=C(O)/C=C/C(=O)O. The highest BCUT2D eigenvalue weighted by Gasteiger charge is 2.16. The molecule has 0 aliphatic carbocycles. The molecule has 152 valence electrons. The fourth-order valence-corrected chi connectivity index (χ4v) is 3.17. The lowest BCUT2D eigenvalue weighted by Gasteiger charge is -2.19. The van der Waals surface area contributed by atoms with Gasteiger partial charge >= 0.3 is 11.9 Å². The van der Waals surface area contributed by atoms with Crippen LogP contribution < -0.4 is 10.1 Å². The van der Waals surface area contributed by atoms with E-state index in [4.69, 9.17) is 38.2 Å². The number of hydrogen-bond donors (Lipinski definition) is 3. The molecule has 2 aromatic rings. The summed E-state index contributed by atoms with van der Waals surface area (Å²) in [5.41, 5.74) is 0. The minimum atomic E-state index is -1.26. The molecule has 0 amide bonds. The number of nitrogens with one attached hydrogen (secondary N) is 1. The topological polar surface area (TPSA) is 95.9 Å². The number of halogens is 2. The molecule has 9 heteroatoms. The van der Waals surface area contributed by atoms with Crippen molar-refractivity contribution in [3.8, 4) is 5.75 Å². The standard InChI is InChI=1S/C15H17Cl2NOS.C4H4O4/c1-18-8-2-4-13(15-5-3-9-20-15)19-14-10-11(16)6-7-12(14)17;5-3(6)1-2-4(7)8/h3,5-7,9-10,13,18H,2,4,8H2,1H3;1-2H,(H,5,6)(H,7,8)/b;2-1+. The molecule has 1 aromatic heterocycles. The molecule has 0 spiro atoms. The molecule has 0 radical (unpaired) electrons. The molecule has 0 saturated heterocycles. The zero-order valence-electron chi connectivity index (χ0n) is 15.1. The van der Waals surface area contributed by atoms with Gasteiger partial charge in [-0.1, -0.05) is 29.3 Å². The molecule has 6 nitrogen and oxygen atoms in total. The van der Waals surface area contributed by atoms with Crippen molar-refractivity contribution in [3.05, 3.63) is 62.8 Å². The molecule has 0 aliphatic rings. The van der Waals surface area contributed by atoms with E-state index in [9.17, 15) is 9.59 Å². The summed E-state index contributed by atoms with van der Waals surface area (Å²) in [5, 5.41) is 22.1. The quantitative estimate of drug-likeness (QED) is 0.375. The lowest BCUT2D eigenvalue weighted by atomic mass is 10.1. The van der Waals surface area contributed by atoms with Crippen LogP contribution in [0.25, 0.3) is 0 Å². The Bertz CT molecular complexity index is 765. The minimum absolute atomic E-state index is 0.0133. The molecular weight excluding hydrogens is 425 g/mol. The Morgan fingerprint density at radius 3 is 2.43 bits per heavy atom. The number of aliphatic carboxylic acids is 2. The average Bonchev–Trinajstić information content (AvgIpc) is 3.17. The van der Waals surface area contributed by atoms with Gasteiger partial charge in [-0.2, -0.15) is 0 Å². The second-order valence-electron chi connectivity index (χ2n) is 5.45. The highest BCUT2D eigenvalue weighted by Crippen LogP contribution is 2.34. The summed E-state index contributed by atoms with van der Waals surface area (Å²) in [6.45, 7) is 0.967. The Morgan fingerprint density at radius 2 is 1.89 bits per heavy atom. The first-order chi connectivity index (χ1) is 13.3. The number of carboxylic acids is 2. The smallest absolute Gasteiger partial charge is 0.328 e. The van der Waals surface area contributed by atoms with E-state index in [0.29, 0.717) is 27.9 Å². The van der Waals surface area contributed by atoms with Gasteiger partial charge in [-0.3, -0.25) is 0 Å². The highest BCUT2D eigenvalue weighted by atomic mass is 35.5. The molecular formula is C19H21Cl2NO5S. The summed E-state index contributed by atoms with van der Waals surface area (Å²) in [5.74, 6) is -1.87. The second kappa shape index (κ2) is 13.2. The molecule has 1 unspecified atom stereocenters. The number of carbonyl (C=O) groups is 2. The van der Waals surface area contributed by atoms with Crippen molar-refractivity contribution in [1.29, 1.82) is 0 Å². The first-order valence-electron chi connectivity index (χ1n) is 8.27. The van der Waals surface area contributed by atoms with E-state index >= 15 is 0 Å². The third kappa shape index (κ3) is 9.75. The van der Waals surface area contributed by atoms with Crippen molar-refractivity contribution >= 4 is 46.5 Å². The maximum atomic E-state index is 9.55. The fraction of sp³-hybridized carbons (Fsp3) is 0.263. The van der Waals surface area contributed by atoms with Crippen LogP contribution in [-0.2, 0) is 9.59 Å². The van der Waals surface area contributed by atoms with Gasteiger partial charge in [-0.05, 0) is 50.0 Å². The van der Waals surface area contributed by atoms with Gasteiger partial charge < -0.3 is 20.3 Å². The Kier molecular flexibility index (Phi) is 11.3. The van der Waals surface area contributed by atoms with E-state index in [1.165, 1.54) is 4.88 Å². The van der Waals surface area contributed by atoms with Crippen molar-refractivity contribution < 1.29 is 24.5 Å². The molecule has 28 heavy (non-hydrogen) atoms. The summed E-state index contributed by atoms with van der Waals surface area (Å²) in [7, 11) is 1.95. The molecule has 0 fully saturated rings. The number of benzene rings is 1. The van der Waals surface area contributed by atoms with Crippen molar-refractivity contribution in [2.75, 3.05) is 13.6 Å². The van der Waals surface area contributed by atoms with Crippen LogP contribution in [0.5, 0.6) is 5.75 Å². The number of rotatable bonds is 9. The molecule has 0 saturated carbocycles. The van der Waals surface area contributed by atoms with Crippen LogP contribution in [0.4, 0.5) is 0 Å². The predicted octanol–water partition coefficient (Wildman–Crippen LogP) is 4.89. The van der Waals surface area contributed by atoms with Crippen LogP contribution in [-0.4, -0.2) is 35.7 Å². The second-order valence-corrected chi connectivity index (χ2v) is 7.28. The van der Waals surface area contributed by atoms with Crippen LogP contribution in [0.3, 0.4) is 0 Å². The first-order valence-corrected chi connectivity index (χ1v) is 9.90. The third-order valence-electron chi connectivity index (χ3n) is 3.28. The zero-order chi connectivity index (χ0) is 20.9. The lowest BCUT2D eigenvalue weighted by Crippen LogP contribution is -2.12. The van der Waals surface area contributed by atoms with Crippen molar-refractivity contribution in [3.63, 3.8) is 0 Å². The van der Waals surface area contributed by atoms with Gasteiger partial charge in [0, 0.05) is 28.1 Å². The first kappa shape index (κ1) is 24.0.